The first kappa shape index (κ1) is 28.9. The average molecular weight is 641 g/mol. The van der Waals surface area contributed by atoms with E-state index in [0.29, 0.717) is 0 Å². The minimum absolute atomic E-state index is 0.264. The Morgan fingerprint density at radius 2 is 1.28 bits per heavy atom. The van der Waals surface area contributed by atoms with Crippen molar-refractivity contribution >= 4 is 38.6 Å². The molecule has 1 aromatic heterocycles. The molecule has 7 aromatic rings. The van der Waals surface area contributed by atoms with Crippen LogP contribution in [0.25, 0.3) is 49.8 Å². The Morgan fingerprint density at radius 3 is 2.16 bits per heavy atom. The van der Waals surface area contributed by atoms with Gasteiger partial charge in [0.25, 0.3) is 0 Å². The number of anilines is 1. The highest BCUT2D eigenvalue weighted by Gasteiger charge is 2.39. The molecule has 0 saturated carbocycles. The van der Waals surface area contributed by atoms with Crippen LogP contribution in [-0.2, 0) is 0 Å². The van der Waals surface area contributed by atoms with Crippen molar-refractivity contribution in [3.63, 3.8) is 0 Å². The lowest BCUT2D eigenvalue weighted by atomic mass is 9.86. The second-order valence-electron chi connectivity index (χ2n) is 13.6. The summed E-state index contributed by atoms with van der Waals surface area (Å²) in [6, 6.07) is 55.5. The van der Waals surface area contributed by atoms with Gasteiger partial charge in [-0.25, -0.2) is 0 Å². The van der Waals surface area contributed by atoms with Crippen LogP contribution in [0, 0.1) is 0 Å². The zero-order valence-electron chi connectivity index (χ0n) is 27.8. The quantitative estimate of drug-likeness (QED) is 0.182. The van der Waals surface area contributed by atoms with Crippen molar-refractivity contribution in [2.24, 2.45) is 0 Å². The summed E-state index contributed by atoms with van der Waals surface area (Å²) in [4.78, 5) is 2.61. The van der Waals surface area contributed by atoms with Gasteiger partial charge in [-0.1, -0.05) is 140 Å². The topological polar surface area (TPSA) is 8.17 Å². The summed E-state index contributed by atoms with van der Waals surface area (Å²) in [5, 5.41) is 2.55. The molecular weight excluding hydrogens is 605 g/mol. The normalized spacial score (nSPS) is 18.1. The van der Waals surface area contributed by atoms with Gasteiger partial charge in [-0.15, -0.1) is 0 Å². The molecule has 2 aliphatic carbocycles. The Hall–Kier alpha value is -6.12. The molecule has 2 nitrogen and oxygen atoms in total. The van der Waals surface area contributed by atoms with E-state index in [-0.39, 0.29) is 12.0 Å². The molecular formula is C48H36N2. The van der Waals surface area contributed by atoms with Crippen LogP contribution in [0.5, 0.6) is 0 Å². The molecule has 2 heteroatoms. The minimum Gasteiger partial charge on any atom is -0.337 e. The van der Waals surface area contributed by atoms with E-state index in [1.165, 1.54) is 77.8 Å². The van der Waals surface area contributed by atoms with Crippen LogP contribution < -0.4 is 4.90 Å². The van der Waals surface area contributed by atoms with Crippen LogP contribution in [0.15, 0.2) is 188 Å². The SMILES string of the molecule is C1=CC2C(C=C1c1ccc3c(c1)c1ccccc1n3-c1cccc(-c3ccccc3)c1)c1ccccc1N2C1=CC(c2ccccc2)=CCC1. The van der Waals surface area contributed by atoms with E-state index < -0.39 is 0 Å². The van der Waals surface area contributed by atoms with Crippen LogP contribution in [0.4, 0.5) is 5.69 Å². The standard InChI is InChI=1S/C48H36N2/c1-3-13-33(14-4-1)35-17-11-19-39(29-35)49-45-23-9-7-21-41(45)43-31-37(25-27-47(43)49)38-26-28-48-44(32-38)42-22-8-10-24-46(42)50(48)40-20-12-18-36(30-40)34-15-5-2-6-16-34/h1-11,13-19,21-32,44,48H,12,20H2. The van der Waals surface area contributed by atoms with Crippen LogP contribution in [0.2, 0.25) is 0 Å². The van der Waals surface area contributed by atoms with Crippen LogP contribution in [0.1, 0.15) is 35.4 Å². The van der Waals surface area contributed by atoms with E-state index in [2.05, 4.69) is 192 Å². The largest absolute Gasteiger partial charge is 0.337 e. The second kappa shape index (κ2) is 11.8. The first-order chi connectivity index (χ1) is 24.8. The average Bonchev–Trinajstić information content (AvgIpc) is 3.71. The monoisotopic (exact) mass is 640 g/mol. The molecule has 2 atom stereocenters. The smallest absolute Gasteiger partial charge is 0.0626 e. The van der Waals surface area contributed by atoms with Crippen molar-refractivity contribution in [1.29, 1.82) is 0 Å². The molecule has 1 aliphatic heterocycles. The Labute approximate surface area is 293 Å². The Kier molecular flexibility index (Phi) is 6.80. The number of hydrogen-bond donors (Lipinski definition) is 0. The first-order valence-corrected chi connectivity index (χ1v) is 17.7. The summed E-state index contributed by atoms with van der Waals surface area (Å²) in [6.07, 6.45) is 14.2. The van der Waals surface area contributed by atoms with Gasteiger partial charge in [0.15, 0.2) is 0 Å². The van der Waals surface area contributed by atoms with E-state index >= 15 is 0 Å². The molecule has 0 spiro atoms. The summed E-state index contributed by atoms with van der Waals surface area (Å²) >= 11 is 0. The van der Waals surface area contributed by atoms with Gasteiger partial charge in [0.2, 0.25) is 0 Å². The number of aromatic nitrogens is 1. The molecule has 0 amide bonds. The number of para-hydroxylation sites is 2. The van der Waals surface area contributed by atoms with Gasteiger partial charge in [0.1, 0.15) is 0 Å². The van der Waals surface area contributed by atoms with Gasteiger partial charge >= 0.3 is 0 Å². The number of hydrogen-bond acceptors (Lipinski definition) is 1. The molecule has 0 fully saturated rings. The summed E-state index contributed by atoms with van der Waals surface area (Å²) < 4.78 is 2.42. The minimum atomic E-state index is 0.264. The maximum Gasteiger partial charge on any atom is 0.0626 e. The van der Waals surface area contributed by atoms with Gasteiger partial charge < -0.3 is 9.47 Å². The predicted octanol–water partition coefficient (Wildman–Crippen LogP) is 12.1. The lowest BCUT2D eigenvalue weighted by Crippen LogP contribution is -2.33. The summed E-state index contributed by atoms with van der Waals surface area (Å²) in [5.41, 5.74) is 15.4. The fourth-order valence-corrected chi connectivity index (χ4v) is 8.47. The third kappa shape index (κ3) is 4.71. The Balaban J connectivity index is 1.04. The highest BCUT2D eigenvalue weighted by atomic mass is 15.2. The van der Waals surface area contributed by atoms with Crippen molar-refractivity contribution in [2.45, 2.75) is 24.8 Å². The van der Waals surface area contributed by atoms with Gasteiger partial charge in [-0.05, 0) is 94.3 Å². The maximum absolute atomic E-state index is 2.61. The third-order valence-electron chi connectivity index (χ3n) is 10.8. The molecule has 50 heavy (non-hydrogen) atoms. The molecule has 0 bridgehead atoms. The van der Waals surface area contributed by atoms with Crippen LogP contribution in [0.3, 0.4) is 0 Å². The fraction of sp³-hybridized carbons (Fsp3) is 0.0833. The highest BCUT2D eigenvalue weighted by molar-refractivity contribution is 6.10. The van der Waals surface area contributed by atoms with Crippen molar-refractivity contribution < 1.29 is 0 Å². The number of benzene rings is 6. The zero-order chi connectivity index (χ0) is 33.0. The van der Waals surface area contributed by atoms with E-state index in [9.17, 15) is 0 Å². The van der Waals surface area contributed by atoms with E-state index in [4.69, 9.17) is 0 Å². The summed E-state index contributed by atoms with van der Waals surface area (Å²) in [7, 11) is 0. The van der Waals surface area contributed by atoms with Gasteiger partial charge in [0, 0.05) is 33.8 Å². The molecule has 2 heterocycles. The van der Waals surface area contributed by atoms with Gasteiger partial charge in [-0.3, -0.25) is 0 Å². The molecule has 6 aromatic carbocycles. The molecule has 2 unspecified atom stereocenters. The molecule has 238 valence electrons. The van der Waals surface area contributed by atoms with Crippen molar-refractivity contribution in [3.05, 3.63) is 204 Å². The fourth-order valence-electron chi connectivity index (χ4n) is 8.47. The zero-order valence-corrected chi connectivity index (χ0v) is 27.8. The Morgan fingerprint density at radius 1 is 0.540 bits per heavy atom. The molecule has 0 saturated heterocycles. The van der Waals surface area contributed by atoms with Crippen molar-refractivity contribution in [3.8, 4) is 16.8 Å². The number of fused-ring (bicyclic) bond motifs is 6. The van der Waals surface area contributed by atoms with Crippen molar-refractivity contribution in [2.75, 3.05) is 4.90 Å². The lowest BCUT2D eigenvalue weighted by molar-refractivity contribution is 0.703. The lowest BCUT2D eigenvalue weighted by Gasteiger charge is -2.33. The van der Waals surface area contributed by atoms with Gasteiger partial charge in [0.05, 0.1) is 17.1 Å². The summed E-state index contributed by atoms with van der Waals surface area (Å²) in [6.45, 7) is 0. The first-order valence-electron chi connectivity index (χ1n) is 17.7. The van der Waals surface area contributed by atoms with Crippen molar-refractivity contribution in [1.82, 2.24) is 4.57 Å². The molecule has 10 rings (SSSR count). The van der Waals surface area contributed by atoms with E-state index in [1.54, 1.807) is 0 Å². The van der Waals surface area contributed by atoms with E-state index in [0.717, 1.165) is 12.8 Å². The molecule has 0 N–H and O–H groups in total. The van der Waals surface area contributed by atoms with Gasteiger partial charge in [-0.2, -0.15) is 0 Å². The van der Waals surface area contributed by atoms with Crippen LogP contribution >= 0.6 is 0 Å². The van der Waals surface area contributed by atoms with Crippen LogP contribution in [-0.4, -0.2) is 10.6 Å². The number of nitrogens with zero attached hydrogens (tertiary/aromatic N) is 2. The second-order valence-corrected chi connectivity index (χ2v) is 13.6. The van der Waals surface area contributed by atoms with E-state index in [1.807, 2.05) is 0 Å². The number of allylic oxidation sites excluding steroid dienone is 6. The number of rotatable bonds is 5. The molecule has 0 radical (unpaired) electrons. The third-order valence-corrected chi connectivity index (χ3v) is 10.8. The Bertz CT molecular complexity index is 2540. The predicted molar refractivity (Wildman–Crippen MR) is 211 cm³/mol. The highest BCUT2D eigenvalue weighted by Crippen LogP contribution is 2.49. The summed E-state index contributed by atoms with van der Waals surface area (Å²) in [5.74, 6) is 0.288. The molecule has 3 aliphatic rings. The maximum atomic E-state index is 2.61.